The molecule has 1 aliphatic carbocycles. The molecule has 0 unspecified atom stereocenters. The summed E-state index contributed by atoms with van der Waals surface area (Å²) in [5, 5.41) is 3.08. The Morgan fingerprint density at radius 1 is 1.17 bits per heavy atom. The number of ketones is 1. The maximum absolute atomic E-state index is 13.4. The fourth-order valence-corrected chi connectivity index (χ4v) is 3.62. The highest BCUT2D eigenvalue weighted by molar-refractivity contribution is 6.11. The molecular formula is C20H34F3N5O. The second kappa shape index (κ2) is 8.77. The van der Waals surface area contributed by atoms with Crippen molar-refractivity contribution >= 4 is 17.4 Å². The number of nitrogens with zero attached hydrogens (tertiary/aromatic N) is 2. The van der Waals surface area contributed by atoms with E-state index >= 15 is 0 Å². The van der Waals surface area contributed by atoms with Crippen molar-refractivity contribution in [3.63, 3.8) is 0 Å². The summed E-state index contributed by atoms with van der Waals surface area (Å²) in [5.74, 6) is 0.127. The number of hydrogen-bond acceptors (Lipinski definition) is 6. The van der Waals surface area contributed by atoms with E-state index in [1.807, 2.05) is 0 Å². The van der Waals surface area contributed by atoms with Gasteiger partial charge in [-0.15, -0.1) is 0 Å². The molecule has 0 aromatic carbocycles. The number of rotatable bonds is 6. The molecule has 1 aliphatic rings. The molecule has 5 N–H and O–H groups in total. The Morgan fingerprint density at radius 3 is 2.48 bits per heavy atom. The van der Waals surface area contributed by atoms with Gasteiger partial charge in [-0.3, -0.25) is 4.79 Å². The molecule has 0 saturated heterocycles. The van der Waals surface area contributed by atoms with Crippen LogP contribution in [-0.2, 0) is 6.18 Å². The topological polar surface area (TPSA) is 107 Å². The number of carbonyl (C=O) groups is 1. The molecule has 0 atom stereocenters. The van der Waals surface area contributed by atoms with Gasteiger partial charge in [-0.2, -0.15) is 13.2 Å². The van der Waals surface area contributed by atoms with Crippen molar-refractivity contribution in [2.75, 3.05) is 24.1 Å². The van der Waals surface area contributed by atoms with Crippen LogP contribution in [0, 0.1) is 11.8 Å². The number of nitrogens with one attached hydrogen (secondary N) is 1. The van der Waals surface area contributed by atoms with Crippen molar-refractivity contribution in [1.82, 2.24) is 9.97 Å². The molecule has 2 heterocycles. The van der Waals surface area contributed by atoms with Gasteiger partial charge in [0.2, 0.25) is 5.78 Å². The standard InChI is InChI=1S/C20H24F3N5O.5H2/c21-20(22,23)15-7-8-16(27-11-13-5-3-12(10-24)4-6-13)28-17(15)18(29)14-2-1-9-26-19(14)25;;;;;/h1-2,7-9,12-13H,3-6,10-11,24H2,(H2,25,26)(H,27,28);5*1H. The lowest BCUT2D eigenvalue weighted by molar-refractivity contribution is -0.138. The van der Waals surface area contributed by atoms with E-state index in [2.05, 4.69) is 15.3 Å². The van der Waals surface area contributed by atoms with Gasteiger partial charge in [0.25, 0.3) is 0 Å². The Labute approximate surface area is 174 Å². The number of nitrogens with two attached hydrogens (primary N) is 2. The van der Waals surface area contributed by atoms with Crippen molar-refractivity contribution < 1.29 is 25.1 Å². The fourth-order valence-electron chi connectivity index (χ4n) is 3.62. The summed E-state index contributed by atoms with van der Waals surface area (Å²) < 4.78 is 40.3. The van der Waals surface area contributed by atoms with E-state index < -0.39 is 23.2 Å². The Morgan fingerprint density at radius 2 is 1.86 bits per heavy atom. The first-order chi connectivity index (χ1) is 13.8. The summed E-state index contributed by atoms with van der Waals surface area (Å²) in [6, 6.07) is 4.90. The van der Waals surface area contributed by atoms with Gasteiger partial charge in [0.15, 0.2) is 0 Å². The zero-order valence-corrected chi connectivity index (χ0v) is 15.9. The van der Waals surface area contributed by atoms with Crippen molar-refractivity contribution in [1.29, 1.82) is 0 Å². The highest BCUT2D eigenvalue weighted by Crippen LogP contribution is 2.34. The first-order valence-electron chi connectivity index (χ1n) is 9.57. The molecule has 0 amide bonds. The van der Waals surface area contributed by atoms with E-state index in [0.29, 0.717) is 24.9 Å². The van der Waals surface area contributed by atoms with Gasteiger partial charge >= 0.3 is 6.18 Å². The van der Waals surface area contributed by atoms with E-state index in [1.54, 1.807) is 0 Å². The monoisotopic (exact) mass is 417 g/mol. The van der Waals surface area contributed by atoms with Gasteiger partial charge in [-0.1, -0.05) is 0 Å². The maximum Gasteiger partial charge on any atom is 0.418 e. The van der Waals surface area contributed by atoms with Crippen molar-refractivity contribution in [3.05, 3.63) is 47.3 Å². The van der Waals surface area contributed by atoms with E-state index in [0.717, 1.165) is 31.7 Å². The molecule has 0 aliphatic heterocycles. The summed E-state index contributed by atoms with van der Waals surface area (Å²) in [4.78, 5) is 20.5. The molecule has 0 bridgehead atoms. The third-order valence-corrected chi connectivity index (χ3v) is 5.37. The van der Waals surface area contributed by atoms with Crippen LogP contribution in [0.2, 0.25) is 0 Å². The summed E-state index contributed by atoms with van der Waals surface area (Å²) in [6.45, 7) is 1.27. The largest absolute Gasteiger partial charge is 0.418 e. The van der Waals surface area contributed by atoms with Crippen LogP contribution in [0.25, 0.3) is 0 Å². The minimum absolute atomic E-state index is 0. The predicted molar refractivity (Wildman–Crippen MR) is 115 cm³/mol. The molecule has 29 heavy (non-hydrogen) atoms. The average Bonchev–Trinajstić information content (AvgIpc) is 2.71. The van der Waals surface area contributed by atoms with Crippen molar-refractivity contribution in [3.8, 4) is 0 Å². The predicted octanol–water partition coefficient (Wildman–Crippen LogP) is 4.72. The molecule has 0 radical (unpaired) electrons. The van der Waals surface area contributed by atoms with Gasteiger partial charge in [-0.25, -0.2) is 9.97 Å². The first-order valence-corrected chi connectivity index (χ1v) is 9.57. The van der Waals surface area contributed by atoms with E-state index in [-0.39, 0.29) is 24.3 Å². The molecular weight excluding hydrogens is 383 g/mol. The van der Waals surface area contributed by atoms with Gasteiger partial charge in [0.1, 0.15) is 17.3 Å². The summed E-state index contributed by atoms with van der Waals surface area (Å²) in [7, 11) is 0. The highest BCUT2D eigenvalue weighted by Gasteiger charge is 2.37. The van der Waals surface area contributed by atoms with Gasteiger partial charge < -0.3 is 16.8 Å². The fraction of sp³-hybridized carbons (Fsp3) is 0.450. The molecule has 1 fully saturated rings. The quantitative estimate of drug-likeness (QED) is 0.587. The minimum Gasteiger partial charge on any atom is -0.383 e. The second-order valence-electron chi connectivity index (χ2n) is 7.36. The average molecular weight is 418 g/mol. The van der Waals surface area contributed by atoms with Crippen LogP contribution in [0.3, 0.4) is 0 Å². The van der Waals surface area contributed by atoms with Crippen LogP contribution in [-0.4, -0.2) is 28.8 Å². The first kappa shape index (κ1) is 21.0. The summed E-state index contributed by atoms with van der Waals surface area (Å²) >= 11 is 0. The lowest BCUT2D eigenvalue weighted by Gasteiger charge is -2.27. The molecule has 2 aromatic heterocycles. The van der Waals surface area contributed by atoms with Gasteiger partial charge in [-0.05, 0) is 68.3 Å². The maximum atomic E-state index is 13.4. The lowest BCUT2D eigenvalue weighted by atomic mass is 9.82. The third kappa shape index (κ3) is 5.03. The van der Waals surface area contributed by atoms with Crippen LogP contribution in [0.1, 0.15) is 54.4 Å². The Kier molecular flexibility index (Phi) is 6.36. The van der Waals surface area contributed by atoms with Crippen molar-refractivity contribution in [2.45, 2.75) is 31.9 Å². The molecule has 3 rings (SSSR count). The van der Waals surface area contributed by atoms with Crippen LogP contribution in [0.5, 0.6) is 0 Å². The zero-order chi connectivity index (χ0) is 21.0. The number of nitrogen functional groups attached to an aromatic ring is 1. The Balaban J connectivity index is -0.00000192. The zero-order valence-electron chi connectivity index (χ0n) is 15.9. The van der Waals surface area contributed by atoms with Crippen LogP contribution in [0.4, 0.5) is 24.8 Å². The number of carbonyl (C=O) groups excluding carboxylic acids is 1. The lowest BCUT2D eigenvalue weighted by Crippen LogP contribution is -2.25. The SMILES string of the molecule is NCC1CCC(CNc2ccc(C(F)(F)F)c(C(=O)c3cccnc3N)n2)CC1.[HH].[HH].[HH].[HH].[HH]. The highest BCUT2D eigenvalue weighted by atomic mass is 19.4. The number of aromatic nitrogens is 2. The van der Waals surface area contributed by atoms with Crippen LogP contribution < -0.4 is 16.8 Å². The van der Waals surface area contributed by atoms with Gasteiger partial charge in [0, 0.05) is 19.9 Å². The number of halogens is 3. The molecule has 1 saturated carbocycles. The Hall–Kier alpha value is -2.68. The molecule has 6 nitrogen and oxygen atoms in total. The van der Waals surface area contributed by atoms with E-state index in [9.17, 15) is 18.0 Å². The van der Waals surface area contributed by atoms with E-state index in [4.69, 9.17) is 11.5 Å². The third-order valence-electron chi connectivity index (χ3n) is 5.37. The van der Waals surface area contributed by atoms with Crippen LogP contribution in [0.15, 0.2) is 30.5 Å². The number of anilines is 2. The number of hydrogen-bond donors (Lipinski definition) is 3. The van der Waals surface area contributed by atoms with Crippen molar-refractivity contribution in [2.24, 2.45) is 17.6 Å². The minimum atomic E-state index is -4.71. The summed E-state index contributed by atoms with van der Waals surface area (Å²) in [5.41, 5.74) is 9.48. The molecule has 166 valence electrons. The number of pyridine rings is 2. The van der Waals surface area contributed by atoms with Gasteiger partial charge in [0.05, 0.1) is 11.1 Å². The molecule has 0 spiro atoms. The Bertz CT molecular complexity index is 884. The summed E-state index contributed by atoms with van der Waals surface area (Å²) in [6.07, 6.45) is 0.761. The second-order valence-corrected chi connectivity index (χ2v) is 7.36. The normalized spacial score (nSPS) is 19.7. The molecule has 2 aromatic rings. The number of alkyl halides is 3. The van der Waals surface area contributed by atoms with Crippen LogP contribution >= 0.6 is 0 Å². The van der Waals surface area contributed by atoms with E-state index in [1.165, 1.54) is 24.4 Å². The molecule has 9 heteroatoms. The smallest absolute Gasteiger partial charge is 0.383 e.